The largest absolute Gasteiger partial charge is 0.465 e. The summed E-state index contributed by atoms with van der Waals surface area (Å²) in [5.74, 6) is 0.580. The summed E-state index contributed by atoms with van der Waals surface area (Å²) in [6.45, 7) is 0.615. The van der Waals surface area contributed by atoms with Crippen molar-refractivity contribution in [2.24, 2.45) is 23.7 Å². The van der Waals surface area contributed by atoms with Crippen molar-refractivity contribution in [3.05, 3.63) is 0 Å². The molecule has 0 bridgehead atoms. The third-order valence-electron chi connectivity index (χ3n) is 5.17. The van der Waals surface area contributed by atoms with Crippen LogP contribution in [0.5, 0.6) is 0 Å². The van der Waals surface area contributed by atoms with E-state index >= 15 is 0 Å². The zero-order valence-electron chi connectivity index (χ0n) is 11.9. The molecule has 0 amide bonds. The first-order valence-corrected chi connectivity index (χ1v) is 7.53. The lowest BCUT2D eigenvalue weighted by Crippen LogP contribution is -2.51. The van der Waals surface area contributed by atoms with Crippen LogP contribution in [0.1, 0.15) is 32.1 Å². The second-order valence-electron chi connectivity index (χ2n) is 6.13. The molecule has 0 aromatic rings. The van der Waals surface area contributed by atoms with Gasteiger partial charge < -0.3 is 14.2 Å². The van der Waals surface area contributed by atoms with Crippen LogP contribution in [0.15, 0.2) is 0 Å². The minimum Gasteiger partial charge on any atom is -0.465 e. The molecule has 3 rings (SSSR count). The van der Waals surface area contributed by atoms with Crippen molar-refractivity contribution in [2.45, 2.75) is 38.2 Å². The second kappa shape index (κ2) is 5.82. The van der Waals surface area contributed by atoms with Gasteiger partial charge in [0.15, 0.2) is 5.78 Å². The fourth-order valence-corrected chi connectivity index (χ4v) is 4.27. The Balaban J connectivity index is 1.76. The number of ether oxygens (including phenoxy) is 3. The van der Waals surface area contributed by atoms with Gasteiger partial charge in [-0.25, -0.2) is 0 Å². The molecule has 5 heteroatoms. The summed E-state index contributed by atoms with van der Waals surface area (Å²) >= 11 is 0. The average Bonchev–Trinajstić information content (AvgIpc) is 2.46. The Hall–Kier alpha value is -0.940. The van der Waals surface area contributed by atoms with Crippen LogP contribution in [-0.2, 0) is 23.8 Å². The Labute approximate surface area is 118 Å². The van der Waals surface area contributed by atoms with Crippen molar-refractivity contribution >= 4 is 11.8 Å². The lowest BCUT2D eigenvalue weighted by atomic mass is 9.59. The monoisotopic (exact) mass is 282 g/mol. The van der Waals surface area contributed by atoms with Gasteiger partial charge in [-0.1, -0.05) is 0 Å². The molecule has 2 unspecified atom stereocenters. The van der Waals surface area contributed by atoms with Gasteiger partial charge in [0, 0.05) is 13.0 Å². The standard InChI is InChI=1S/C15H22O5/c1-18-8-20-12-5-3-9-2-4-11-10(13(9)14(12)16)6-7-19-15(11)17/h9-13H,2-8H2,1H3/t9?,10?,11-,12+,13+/m1/s1. The van der Waals surface area contributed by atoms with Crippen molar-refractivity contribution in [3.8, 4) is 0 Å². The van der Waals surface area contributed by atoms with E-state index in [9.17, 15) is 9.59 Å². The Kier molecular flexibility index (Phi) is 4.08. The number of fused-ring (bicyclic) bond motifs is 3. The number of ketones is 1. The Morgan fingerprint density at radius 3 is 2.75 bits per heavy atom. The number of esters is 1. The van der Waals surface area contributed by atoms with E-state index in [1.54, 1.807) is 7.11 Å². The van der Waals surface area contributed by atoms with Gasteiger partial charge in [-0.2, -0.15) is 0 Å². The molecule has 1 aliphatic heterocycles. The summed E-state index contributed by atoms with van der Waals surface area (Å²) in [5.41, 5.74) is 0. The molecule has 0 aromatic heterocycles. The zero-order chi connectivity index (χ0) is 14.1. The Morgan fingerprint density at radius 2 is 1.95 bits per heavy atom. The van der Waals surface area contributed by atoms with Gasteiger partial charge >= 0.3 is 5.97 Å². The summed E-state index contributed by atoms with van der Waals surface area (Å²) in [7, 11) is 1.56. The fourth-order valence-electron chi connectivity index (χ4n) is 4.27. The highest BCUT2D eigenvalue weighted by Gasteiger charge is 2.51. The molecule has 1 saturated heterocycles. The highest BCUT2D eigenvalue weighted by atomic mass is 16.7. The molecular weight excluding hydrogens is 260 g/mol. The van der Waals surface area contributed by atoms with E-state index in [0.717, 1.165) is 32.1 Å². The third kappa shape index (κ3) is 2.37. The smallest absolute Gasteiger partial charge is 0.309 e. The molecule has 20 heavy (non-hydrogen) atoms. The summed E-state index contributed by atoms with van der Waals surface area (Å²) in [5, 5.41) is 0. The molecule has 0 N–H and O–H groups in total. The predicted molar refractivity (Wildman–Crippen MR) is 69.8 cm³/mol. The van der Waals surface area contributed by atoms with Crippen LogP contribution in [0.2, 0.25) is 0 Å². The summed E-state index contributed by atoms with van der Waals surface area (Å²) in [6.07, 6.45) is 4.10. The van der Waals surface area contributed by atoms with Crippen molar-refractivity contribution in [2.75, 3.05) is 20.5 Å². The molecule has 0 radical (unpaired) electrons. The lowest BCUT2D eigenvalue weighted by Gasteiger charge is -2.47. The number of hydrogen-bond acceptors (Lipinski definition) is 5. The molecular formula is C15H22O5. The maximum atomic E-state index is 12.7. The van der Waals surface area contributed by atoms with Gasteiger partial charge in [-0.15, -0.1) is 0 Å². The highest BCUT2D eigenvalue weighted by Crippen LogP contribution is 2.48. The summed E-state index contributed by atoms with van der Waals surface area (Å²) in [6, 6.07) is 0. The number of rotatable bonds is 3. The van der Waals surface area contributed by atoms with Gasteiger partial charge in [0.25, 0.3) is 0 Å². The summed E-state index contributed by atoms with van der Waals surface area (Å²) in [4.78, 5) is 24.6. The van der Waals surface area contributed by atoms with Crippen molar-refractivity contribution < 1.29 is 23.8 Å². The molecule has 1 heterocycles. The van der Waals surface area contributed by atoms with Crippen LogP contribution in [0.4, 0.5) is 0 Å². The van der Waals surface area contributed by atoms with Gasteiger partial charge in [-0.3, -0.25) is 9.59 Å². The van der Waals surface area contributed by atoms with Crippen LogP contribution in [0.25, 0.3) is 0 Å². The van der Waals surface area contributed by atoms with Crippen LogP contribution >= 0.6 is 0 Å². The minimum absolute atomic E-state index is 0.0165. The molecule has 3 aliphatic rings. The first kappa shape index (κ1) is 14.0. The normalized spacial score (nSPS) is 40.8. The van der Waals surface area contributed by atoms with E-state index < -0.39 is 0 Å². The van der Waals surface area contributed by atoms with Crippen LogP contribution in [0.3, 0.4) is 0 Å². The molecule has 0 aromatic carbocycles. The highest BCUT2D eigenvalue weighted by molar-refractivity contribution is 5.88. The van der Waals surface area contributed by atoms with E-state index in [-0.39, 0.29) is 42.4 Å². The average molecular weight is 282 g/mol. The van der Waals surface area contributed by atoms with Crippen LogP contribution in [-0.4, -0.2) is 38.4 Å². The van der Waals surface area contributed by atoms with Gasteiger partial charge in [-0.05, 0) is 43.9 Å². The lowest BCUT2D eigenvalue weighted by molar-refractivity contribution is -0.171. The van der Waals surface area contributed by atoms with E-state index in [0.29, 0.717) is 12.5 Å². The minimum atomic E-state index is -0.354. The van der Waals surface area contributed by atoms with Crippen molar-refractivity contribution in [3.63, 3.8) is 0 Å². The van der Waals surface area contributed by atoms with Gasteiger partial charge in [0.1, 0.15) is 12.9 Å². The number of hydrogen-bond donors (Lipinski definition) is 0. The zero-order valence-corrected chi connectivity index (χ0v) is 11.9. The molecule has 2 aliphatic carbocycles. The fraction of sp³-hybridized carbons (Fsp3) is 0.867. The quantitative estimate of drug-likeness (QED) is 0.580. The SMILES string of the molecule is COCO[C@H]1CCC2CC[C@H]3C(=O)OCCC3[C@H]2C1=O. The Morgan fingerprint density at radius 1 is 1.15 bits per heavy atom. The number of Topliss-reactive ketones (excluding diaryl/α,β-unsaturated/α-hetero) is 1. The molecule has 5 atom stereocenters. The molecule has 5 nitrogen and oxygen atoms in total. The van der Waals surface area contributed by atoms with E-state index in [1.165, 1.54) is 0 Å². The summed E-state index contributed by atoms with van der Waals surface area (Å²) < 4.78 is 15.6. The van der Waals surface area contributed by atoms with Gasteiger partial charge in [0.2, 0.25) is 0 Å². The molecule has 3 fully saturated rings. The number of carbonyl (C=O) groups excluding carboxylic acids is 2. The molecule has 112 valence electrons. The maximum absolute atomic E-state index is 12.7. The Bertz CT molecular complexity index is 394. The van der Waals surface area contributed by atoms with Crippen molar-refractivity contribution in [1.82, 2.24) is 0 Å². The maximum Gasteiger partial charge on any atom is 0.309 e. The van der Waals surface area contributed by atoms with Crippen molar-refractivity contribution in [1.29, 1.82) is 0 Å². The van der Waals surface area contributed by atoms with E-state index in [4.69, 9.17) is 14.2 Å². The topological polar surface area (TPSA) is 61.8 Å². The third-order valence-corrected chi connectivity index (χ3v) is 5.17. The number of cyclic esters (lactones) is 1. The molecule has 0 spiro atoms. The number of carbonyl (C=O) groups is 2. The van der Waals surface area contributed by atoms with Crippen LogP contribution < -0.4 is 0 Å². The first-order valence-electron chi connectivity index (χ1n) is 7.53. The molecule has 2 saturated carbocycles. The first-order chi connectivity index (χ1) is 9.72. The van der Waals surface area contributed by atoms with E-state index in [1.807, 2.05) is 0 Å². The van der Waals surface area contributed by atoms with Crippen LogP contribution in [0, 0.1) is 23.7 Å². The number of methoxy groups -OCH3 is 1. The van der Waals surface area contributed by atoms with E-state index in [2.05, 4.69) is 0 Å². The van der Waals surface area contributed by atoms with Gasteiger partial charge in [0.05, 0.1) is 12.5 Å². The predicted octanol–water partition coefficient (Wildman–Crippen LogP) is 1.54. The second-order valence-corrected chi connectivity index (χ2v) is 6.13.